The van der Waals surface area contributed by atoms with Crippen LogP contribution in [0.4, 0.5) is 11.6 Å². The molecule has 0 spiro atoms. The topological polar surface area (TPSA) is 92.5 Å². The zero-order valence-corrected chi connectivity index (χ0v) is 7.44. The summed E-state index contributed by atoms with van der Waals surface area (Å²) in [5.41, 5.74) is 7.15. The molecule has 0 aliphatic heterocycles. The van der Waals surface area contributed by atoms with E-state index in [1.807, 2.05) is 0 Å². The lowest BCUT2D eigenvalue weighted by Crippen LogP contribution is -2.00. The molecule has 0 unspecified atom stereocenters. The van der Waals surface area contributed by atoms with E-state index in [4.69, 9.17) is 5.73 Å². The van der Waals surface area contributed by atoms with E-state index in [-0.39, 0.29) is 0 Å². The van der Waals surface area contributed by atoms with E-state index in [2.05, 4.69) is 25.5 Å². The fourth-order valence-corrected chi connectivity index (χ4v) is 0.973. The van der Waals surface area contributed by atoms with Gasteiger partial charge in [0.1, 0.15) is 0 Å². The van der Waals surface area contributed by atoms with Crippen LogP contribution in [-0.4, -0.2) is 20.2 Å². The summed E-state index contributed by atoms with van der Waals surface area (Å²) in [5, 5.41) is 9.45. The van der Waals surface area contributed by atoms with Crippen LogP contribution in [0.3, 0.4) is 0 Å². The van der Waals surface area contributed by atoms with Crippen molar-refractivity contribution in [1.82, 2.24) is 20.2 Å². The van der Waals surface area contributed by atoms with Crippen molar-refractivity contribution >= 4 is 11.6 Å². The Kier molecular flexibility index (Phi) is 2.37. The van der Waals surface area contributed by atoms with Gasteiger partial charge in [0.25, 0.3) is 0 Å². The van der Waals surface area contributed by atoms with Crippen molar-refractivity contribution in [3.05, 3.63) is 30.4 Å². The average Bonchev–Trinajstić information content (AvgIpc) is 2.72. The average molecular weight is 190 g/mol. The maximum absolute atomic E-state index is 5.42. The van der Waals surface area contributed by atoms with Crippen LogP contribution >= 0.6 is 0 Å². The summed E-state index contributed by atoms with van der Waals surface area (Å²) in [6.07, 6.45) is 6.76. The van der Waals surface area contributed by atoms with E-state index in [1.54, 1.807) is 24.8 Å². The second-order valence-corrected chi connectivity index (χ2v) is 2.73. The van der Waals surface area contributed by atoms with Gasteiger partial charge in [-0.25, -0.2) is 9.97 Å². The van der Waals surface area contributed by atoms with Gasteiger partial charge < -0.3 is 11.1 Å². The molecule has 0 saturated heterocycles. The zero-order chi connectivity index (χ0) is 9.80. The summed E-state index contributed by atoms with van der Waals surface area (Å²) < 4.78 is 0. The van der Waals surface area contributed by atoms with E-state index in [0.717, 1.165) is 11.3 Å². The number of hydrogen-bond acceptors (Lipinski definition) is 5. The molecule has 6 nitrogen and oxygen atoms in total. The molecule has 0 amide bonds. The number of nitrogens with two attached hydrogens (primary N) is 1. The second-order valence-electron chi connectivity index (χ2n) is 2.73. The Morgan fingerprint density at radius 1 is 1.29 bits per heavy atom. The first-order chi connectivity index (χ1) is 6.88. The smallest absolute Gasteiger partial charge is 0.227 e. The van der Waals surface area contributed by atoms with Crippen LogP contribution in [0, 0.1) is 0 Å². The summed E-state index contributed by atoms with van der Waals surface area (Å²) in [5.74, 6) is 0.531. The Morgan fingerprint density at radius 2 is 2.07 bits per heavy atom. The molecule has 0 saturated carbocycles. The molecule has 14 heavy (non-hydrogen) atoms. The monoisotopic (exact) mass is 190 g/mol. The van der Waals surface area contributed by atoms with E-state index < -0.39 is 0 Å². The molecule has 0 atom stereocenters. The van der Waals surface area contributed by atoms with Gasteiger partial charge >= 0.3 is 0 Å². The highest BCUT2D eigenvalue weighted by atomic mass is 15.2. The van der Waals surface area contributed by atoms with Crippen molar-refractivity contribution in [3.63, 3.8) is 0 Å². The second kappa shape index (κ2) is 3.84. The molecule has 2 rings (SSSR count). The van der Waals surface area contributed by atoms with Crippen molar-refractivity contribution in [1.29, 1.82) is 0 Å². The molecular weight excluding hydrogens is 180 g/mol. The Morgan fingerprint density at radius 3 is 2.64 bits per heavy atom. The van der Waals surface area contributed by atoms with Gasteiger partial charge in [0.05, 0.1) is 11.9 Å². The van der Waals surface area contributed by atoms with Gasteiger partial charge in [-0.2, -0.15) is 5.10 Å². The lowest BCUT2D eigenvalue weighted by atomic mass is 10.3. The third-order valence-corrected chi connectivity index (χ3v) is 1.70. The highest BCUT2D eigenvalue weighted by molar-refractivity contribution is 5.49. The van der Waals surface area contributed by atoms with Crippen LogP contribution in [0.25, 0.3) is 0 Å². The number of hydrogen-bond donors (Lipinski definition) is 3. The molecule has 0 bridgehead atoms. The van der Waals surface area contributed by atoms with Crippen LogP contribution in [0.5, 0.6) is 0 Å². The fraction of sp³-hybridized carbons (Fsp3) is 0.125. The van der Waals surface area contributed by atoms with Crippen molar-refractivity contribution in [2.24, 2.45) is 5.73 Å². The Hall–Kier alpha value is -1.95. The minimum Gasteiger partial charge on any atom is -0.326 e. The van der Waals surface area contributed by atoms with Crippen molar-refractivity contribution < 1.29 is 0 Å². The maximum Gasteiger partial charge on any atom is 0.227 e. The first-order valence-electron chi connectivity index (χ1n) is 4.15. The first kappa shape index (κ1) is 8.64. The third-order valence-electron chi connectivity index (χ3n) is 1.70. The Labute approximate surface area is 80.6 Å². The number of nitrogens with zero attached hydrogens (tertiary/aromatic N) is 3. The Balaban J connectivity index is 2.10. The van der Waals surface area contributed by atoms with Crippen molar-refractivity contribution in [3.8, 4) is 0 Å². The van der Waals surface area contributed by atoms with E-state index >= 15 is 0 Å². The summed E-state index contributed by atoms with van der Waals surface area (Å²) >= 11 is 0. The number of anilines is 2. The quantitative estimate of drug-likeness (QED) is 0.651. The summed E-state index contributed by atoms with van der Waals surface area (Å²) in [6.45, 7) is 0.450. The summed E-state index contributed by atoms with van der Waals surface area (Å²) in [7, 11) is 0. The van der Waals surface area contributed by atoms with Crippen LogP contribution in [0.2, 0.25) is 0 Å². The van der Waals surface area contributed by atoms with E-state index in [1.165, 1.54) is 0 Å². The van der Waals surface area contributed by atoms with E-state index in [0.29, 0.717) is 12.5 Å². The van der Waals surface area contributed by atoms with Crippen molar-refractivity contribution in [2.75, 3.05) is 5.32 Å². The molecule has 0 radical (unpaired) electrons. The number of aromatic amines is 1. The van der Waals surface area contributed by atoms with Crippen LogP contribution in [-0.2, 0) is 6.54 Å². The molecule has 0 fully saturated rings. The Bertz CT molecular complexity index is 379. The molecule has 2 heterocycles. The fourth-order valence-electron chi connectivity index (χ4n) is 0.973. The predicted octanol–water partition coefficient (Wildman–Crippen LogP) is 0.402. The number of nitrogens with one attached hydrogen (secondary N) is 2. The van der Waals surface area contributed by atoms with Crippen LogP contribution in [0.1, 0.15) is 5.56 Å². The lowest BCUT2D eigenvalue weighted by Gasteiger charge is -2.01. The predicted molar refractivity (Wildman–Crippen MR) is 51.8 cm³/mol. The molecule has 72 valence electrons. The van der Waals surface area contributed by atoms with Gasteiger partial charge in [-0.15, -0.1) is 0 Å². The SMILES string of the molecule is NCc1cnc(Nc2cn[nH]c2)nc1. The molecule has 2 aromatic rings. The molecule has 0 aliphatic rings. The molecule has 6 heteroatoms. The van der Waals surface area contributed by atoms with Crippen molar-refractivity contribution in [2.45, 2.75) is 6.54 Å². The molecular formula is C8H10N6. The highest BCUT2D eigenvalue weighted by Gasteiger charge is 1.97. The lowest BCUT2D eigenvalue weighted by molar-refractivity contribution is 1.01. The number of H-pyrrole nitrogens is 1. The first-order valence-corrected chi connectivity index (χ1v) is 4.15. The zero-order valence-electron chi connectivity index (χ0n) is 7.44. The minimum atomic E-state index is 0.450. The normalized spacial score (nSPS) is 10.1. The standard InChI is InChI=1S/C8H10N6/c9-1-6-2-10-8(11-3-6)14-7-4-12-13-5-7/h2-5H,1,9H2,(H,12,13)(H,10,11,14). The maximum atomic E-state index is 5.42. The van der Waals surface area contributed by atoms with Gasteiger partial charge in [-0.3, -0.25) is 5.10 Å². The van der Waals surface area contributed by atoms with Gasteiger partial charge in [-0.1, -0.05) is 0 Å². The van der Waals surface area contributed by atoms with Gasteiger partial charge in [0.2, 0.25) is 5.95 Å². The molecule has 0 aliphatic carbocycles. The molecule has 2 aromatic heterocycles. The van der Waals surface area contributed by atoms with Gasteiger partial charge in [0.15, 0.2) is 0 Å². The van der Waals surface area contributed by atoms with Crippen LogP contribution in [0.15, 0.2) is 24.8 Å². The molecule has 0 aromatic carbocycles. The van der Waals surface area contributed by atoms with E-state index in [9.17, 15) is 0 Å². The third kappa shape index (κ3) is 1.86. The minimum absolute atomic E-state index is 0.450. The number of aromatic nitrogens is 4. The van der Waals surface area contributed by atoms with Crippen LogP contribution < -0.4 is 11.1 Å². The summed E-state index contributed by atoms with van der Waals surface area (Å²) in [4.78, 5) is 8.16. The highest BCUT2D eigenvalue weighted by Crippen LogP contribution is 2.08. The summed E-state index contributed by atoms with van der Waals surface area (Å²) in [6, 6.07) is 0. The van der Waals surface area contributed by atoms with Gasteiger partial charge in [-0.05, 0) is 0 Å². The van der Waals surface area contributed by atoms with Gasteiger partial charge in [0, 0.05) is 30.7 Å². The number of rotatable bonds is 3. The largest absolute Gasteiger partial charge is 0.326 e. The molecule has 4 N–H and O–H groups in total.